The molecule has 2 saturated heterocycles. The second-order valence-corrected chi connectivity index (χ2v) is 10.3. The summed E-state index contributed by atoms with van der Waals surface area (Å²) in [5, 5.41) is 2.75. The van der Waals surface area contributed by atoms with Gasteiger partial charge in [-0.25, -0.2) is 4.39 Å². The van der Waals surface area contributed by atoms with Crippen molar-refractivity contribution in [1.82, 2.24) is 9.80 Å². The Morgan fingerprint density at radius 2 is 1.48 bits per heavy atom. The van der Waals surface area contributed by atoms with Crippen molar-refractivity contribution in [2.45, 2.75) is 32.1 Å². The van der Waals surface area contributed by atoms with Crippen LogP contribution < -0.4 is 10.2 Å². The van der Waals surface area contributed by atoms with Gasteiger partial charge >= 0.3 is 0 Å². The van der Waals surface area contributed by atoms with Crippen LogP contribution in [0.25, 0.3) is 0 Å². The number of carbonyl (C=O) groups excluding carboxylic acids is 3. The van der Waals surface area contributed by atoms with E-state index >= 15 is 0 Å². The van der Waals surface area contributed by atoms with E-state index in [9.17, 15) is 18.8 Å². The maximum Gasteiger partial charge on any atom is 0.258 e. The molecular formula is C32H35FN4O3. The molecule has 208 valence electrons. The molecule has 3 amide bonds. The van der Waals surface area contributed by atoms with Crippen molar-refractivity contribution >= 4 is 29.1 Å². The number of anilines is 2. The monoisotopic (exact) mass is 542 g/mol. The van der Waals surface area contributed by atoms with Crippen LogP contribution in [0.2, 0.25) is 0 Å². The van der Waals surface area contributed by atoms with Crippen molar-refractivity contribution in [3.63, 3.8) is 0 Å². The van der Waals surface area contributed by atoms with Gasteiger partial charge in [0, 0.05) is 50.6 Å². The number of piperazine rings is 1. The highest BCUT2D eigenvalue weighted by Crippen LogP contribution is 2.30. The Labute approximate surface area is 234 Å². The number of benzene rings is 3. The highest BCUT2D eigenvalue weighted by atomic mass is 19.1. The molecule has 1 atom stereocenters. The van der Waals surface area contributed by atoms with Gasteiger partial charge in [-0.15, -0.1) is 0 Å². The molecule has 0 aliphatic carbocycles. The molecular weight excluding hydrogens is 507 g/mol. The SMILES string of the molecule is CCC(C(=O)N1CCN(c2ccc(NC(=O)c3ccccc3F)cc2C(=O)N2CCCC2)CC1)c1ccccc1. The third-order valence-corrected chi connectivity index (χ3v) is 7.84. The molecule has 3 aromatic rings. The van der Waals surface area contributed by atoms with E-state index in [1.165, 1.54) is 18.2 Å². The molecule has 40 heavy (non-hydrogen) atoms. The maximum absolute atomic E-state index is 14.2. The molecule has 7 nitrogen and oxygen atoms in total. The number of rotatable bonds is 7. The minimum absolute atomic E-state index is 0.0549. The molecule has 1 unspecified atom stereocenters. The van der Waals surface area contributed by atoms with Gasteiger partial charge in [0.2, 0.25) is 5.91 Å². The van der Waals surface area contributed by atoms with Gasteiger partial charge < -0.3 is 20.0 Å². The Bertz CT molecular complexity index is 1370. The molecule has 0 spiro atoms. The van der Waals surface area contributed by atoms with E-state index in [0.717, 1.165) is 30.5 Å². The van der Waals surface area contributed by atoms with Gasteiger partial charge in [0.05, 0.1) is 17.0 Å². The Balaban J connectivity index is 1.34. The molecule has 2 aliphatic rings. The van der Waals surface area contributed by atoms with E-state index in [1.807, 2.05) is 53.1 Å². The summed E-state index contributed by atoms with van der Waals surface area (Å²) in [6, 6.07) is 21.0. The fourth-order valence-electron chi connectivity index (χ4n) is 5.62. The average molecular weight is 543 g/mol. The molecule has 0 bridgehead atoms. The Morgan fingerprint density at radius 3 is 2.15 bits per heavy atom. The van der Waals surface area contributed by atoms with Crippen molar-refractivity contribution in [3.05, 3.63) is 95.3 Å². The third-order valence-electron chi connectivity index (χ3n) is 7.84. The molecule has 3 aromatic carbocycles. The number of amides is 3. The summed E-state index contributed by atoms with van der Waals surface area (Å²) in [6.07, 6.45) is 2.66. The first-order valence-electron chi connectivity index (χ1n) is 14.0. The first kappa shape index (κ1) is 27.4. The molecule has 0 radical (unpaired) electrons. The van der Waals surface area contributed by atoms with E-state index in [4.69, 9.17) is 0 Å². The van der Waals surface area contributed by atoms with Crippen LogP contribution in [0.4, 0.5) is 15.8 Å². The first-order valence-corrected chi connectivity index (χ1v) is 14.0. The number of halogens is 1. The normalized spacial score (nSPS) is 16.1. The number of carbonyl (C=O) groups is 3. The summed E-state index contributed by atoms with van der Waals surface area (Å²) in [7, 11) is 0. The smallest absolute Gasteiger partial charge is 0.258 e. The van der Waals surface area contributed by atoms with Crippen molar-refractivity contribution in [2.75, 3.05) is 49.5 Å². The molecule has 2 aliphatic heterocycles. The van der Waals surface area contributed by atoms with Gasteiger partial charge in [-0.1, -0.05) is 49.4 Å². The van der Waals surface area contributed by atoms with E-state index in [1.54, 1.807) is 18.2 Å². The van der Waals surface area contributed by atoms with Gasteiger partial charge in [-0.2, -0.15) is 0 Å². The fraction of sp³-hybridized carbons (Fsp3) is 0.344. The third kappa shape index (κ3) is 5.86. The highest BCUT2D eigenvalue weighted by molar-refractivity contribution is 6.06. The molecule has 0 aromatic heterocycles. The number of hydrogen-bond donors (Lipinski definition) is 1. The lowest BCUT2D eigenvalue weighted by atomic mass is 9.94. The summed E-state index contributed by atoms with van der Waals surface area (Å²) >= 11 is 0. The second-order valence-electron chi connectivity index (χ2n) is 10.3. The average Bonchev–Trinajstić information content (AvgIpc) is 3.53. The summed E-state index contributed by atoms with van der Waals surface area (Å²) in [6.45, 7) is 5.75. The van der Waals surface area contributed by atoms with Crippen molar-refractivity contribution in [3.8, 4) is 0 Å². The fourth-order valence-corrected chi connectivity index (χ4v) is 5.62. The predicted octanol–water partition coefficient (Wildman–Crippen LogP) is 5.16. The molecule has 0 saturated carbocycles. The van der Waals surface area contributed by atoms with Crippen molar-refractivity contribution in [1.29, 1.82) is 0 Å². The number of nitrogens with one attached hydrogen (secondary N) is 1. The van der Waals surface area contributed by atoms with E-state index in [0.29, 0.717) is 50.5 Å². The number of likely N-dealkylation sites (tertiary alicyclic amines) is 1. The van der Waals surface area contributed by atoms with E-state index < -0.39 is 11.7 Å². The van der Waals surface area contributed by atoms with Crippen LogP contribution in [0.5, 0.6) is 0 Å². The Kier molecular flexibility index (Phi) is 8.43. The summed E-state index contributed by atoms with van der Waals surface area (Å²) in [5.41, 5.74) is 2.69. The van der Waals surface area contributed by atoms with Gasteiger partial charge in [0.1, 0.15) is 5.82 Å². The summed E-state index contributed by atoms with van der Waals surface area (Å²) in [4.78, 5) is 45.6. The quantitative estimate of drug-likeness (QED) is 0.448. The largest absolute Gasteiger partial charge is 0.367 e. The number of hydrogen-bond acceptors (Lipinski definition) is 4. The summed E-state index contributed by atoms with van der Waals surface area (Å²) in [5.74, 6) is -1.29. The van der Waals surface area contributed by atoms with Crippen LogP contribution >= 0.6 is 0 Å². The van der Waals surface area contributed by atoms with Crippen LogP contribution in [0.15, 0.2) is 72.8 Å². The van der Waals surface area contributed by atoms with Gasteiger partial charge in [-0.3, -0.25) is 14.4 Å². The van der Waals surface area contributed by atoms with Crippen LogP contribution in [0, 0.1) is 5.82 Å². The lowest BCUT2D eigenvalue weighted by Crippen LogP contribution is -2.50. The Hall–Kier alpha value is -4.20. The van der Waals surface area contributed by atoms with E-state index in [2.05, 4.69) is 10.2 Å². The van der Waals surface area contributed by atoms with Crippen molar-refractivity contribution < 1.29 is 18.8 Å². The topological polar surface area (TPSA) is 73.0 Å². The van der Waals surface area contributed by atoms with Crippen LogP contribution in [-0.4, -0.2) is 66.8 Å². The van der Waals surface area contributed by atoms with Gasteiger partial charge in [-0.05, 0) is 55.2 Å². The molecule has 8 heteroatoms. The first-order chi connectivity index (χ1) is 19.5. The van der Waals surface area contributed by atoms with Gasteiger partial charge in [0.25, 0.3) is 11.8 Å². The van der Waals surface area contributed by atoms with E-state index in [-0.39, 0.29) is 23.3 Å². The zero-order valence-corrected chi connectivity index (χ0v) is 22.8. The van der Waals surface area contributed by atoms with Crippen LogP contribution in [0.1, 0.15) is 58.4 Å². The van der Waals surface area contributed by atoms with Gasteiger partial charge in [0.15, 0.2) is 0 Å². The summed E-state index contributed by atoms with van der Waals surface area (Å²) < 4.78 is 14.2. The maximum atomic E-state index is 14.2. The minimum Gasteiger partial charge on any atom is -0.367 e. The van der Waals surface area contributed by atoms with Crippen LogP contribution in [0.3, 0.4) is 0 Å². The lowest BCUT2D eigenvalue weighted by Gasteiger charge is -2.38. The standard InChI is InChI=1S/C32H35FN4O3/c1-2-25(23-10-4-3-5-11-23)31(39)37-20-18-35(19-21-37)29-15-14-24(22-27(29)32(40)36-16-8-9-17-36)34-30(38)26-12-6-7-13-28(26)33/h3-7,10-15,22,25H,2,8-9,16-21H2,1H3,(H,34,38). The molecule has 2 fully saturated rings. The Morgan fingerprint density at radius 1 is 0.800 bits per heavy atom. The van der Waals surface area contributed by atoms with Crippen molar-refractivity contribution in [2.24, 2.45) is 0 Å². The second kappa shape index (κ2) is 12.3. The zero-order chi connectivity index (χ0) is 28.1. The van der Waals surface area contributed by atoms with Crippen LogP contribution in [-0.2, 0) is 4.79 Å². The minimum atomic E-state index is -0.602. The molecule has 2 heterocycles. The molecule has 1 N–H and O–H groups in total. The molecule has 5 rings (SSSR count). The predicted molar refractivity (Wildman–Crippen MR) is 154 cm³/mol. The lowest BCUT2D eigenvalue weighted by molar-refractivity contribution is -0.133. The zero-order valence-electron chi connectivity index (χ0n) is 22.8. The number of nitrogens with zero attached hydrogens (tertiary/aromatic N) is 3. The highest BCUT2D eigenvalue weighted by Gasteiger charge is 2.30.